The first-order valence-electron chi connectivity index (χ1n) is 5.93. The average Bonchev–Trinajstić information content (AvgIpc) is 2.44. The monoisotopic (exact) mass is 244 g/mol. The Labute approximate surface area is 102 Å². The summed E-state index contributed by atoms with van der Waals surface area (Å²) in [6.45, 7) is 0.489. The van der Waals surface area contributed by atoms with Crippen molar-refractivity contribution in [3.8, 4) is 0 Å². The summed E-state index contributed by atoms with van der Waals surface area (Å²) >= 11 is 0. The van der Waals surface area contributed by atoms with Gasteiger partial charge in [0.25, 0.3) is 11.1 Å². The van der Waals surface area contributed by atoms with Crippen LogP contribution in [-0.2, 0) is 11.3 Å². The summed E-state index contributed by atoms with van der Waals surface area (Å²) in [5.74, 6) is 0. The smallest absolute Gasteiger partial charge is 0.273 e. The zero-order valence-corrected chi connectivity index (χ0v) is 9.70. The van der Waals surface area contributed by atoms with Crippen LogP contribution in [0.2, 0.25) is 0 Å². The topological polar surface area (TPSA) is 61.1 Å². The van der Waals surface area contributed by atoms with Crippen LogP contribution in [0, 0.1) is 0 Å². The maximum atomic E-state index is 12.3. The minimum atomic E-state index is -0.524. The number of aromatic nitrogens is 2. The van der Waals surface area contributed by atoms with Crippen LogP contribution in [0.5, 0.6) is 0 Å². The van der Waals surface area contributed by atoms with E-state index in [1.54, 1.807) is 24.3 Å². The molecule has 0 unspecified atom stereocenters. The van der Waals surface area contributed by atoms with E-state index in [9.17, 15) is 14.4 Å². The van der Waals surface area contributed by atoms with Crippen molar-refractivity contribution in [2.45, 2.75) is 25.4 Å². The molecule has 1 aliphatic heterocycles. The minimum Gasteiger partial charge on any atom is -0.301 e. The highest BCUT2D eigenvalue weighted by Gasteiger charge is 2.23. The fraction of sp³-hybridized carbons (Fsp3) is 0.308. The van der Waals surface area contributed by atoms with Gasteiger partial charge in [-0.05, 0) is 25.0 Å². The van der Waals surface area contributed by atoms with Crippen LogP contribution < -0.4 is 11.1 Å². The molecule has 18 heavy (non-hydrogen) atoms. The van der Waals surface area contributed by atoms with Gasteiger partial charge in [-0.3, -0.25) is 9.59 Å². The summed E-state index contributed by atoms with van der Waals surface area (Å²) in [6, 6.07) is 6.21. The molecular weight excluding hydrogens is 232 g/mol. The molecule has 5 nitrogen and oxygen atoms in total. The van der Waals surface area contributed by atoms with Crippen molar-refractivity contribution in [1.82, 2.24) is 9.36 Å². The number of rotatable bonds is 1. The van der Waals surface area contributed by atoms with Gasteiger partial charge in [0.1, 0.15) is 12.3 Å². The Bertz CT molecular complexity index is 742. The number of aldehydes is 1. The Balaban J connectivity index is 2.51. The largest absolute Gasteiger partial charge is 0.301 e. The van der Waals surface area contributed by atoms with Crippen LogP contribution in [-0.4, -0.2) is 15.6 Å². The number of carbonyl (C=O) groups is 1. The van der Waals surface area contributed by atoms with Gasteiger partial charge in [0.2, 0.25) is 0 Å². The number of nitrogens with zero attached hydrogens (tertiary/aromatic N) is 2. The number of benzene rings is 1. The normalized spacial score (nSPS) is 18.6. The number of fused-ring (bicyclic) bond motifs is 2. The second-order valence-corrected chi connectivity index (χ2v) is 4.47. The molecule has 0 spiro atoms. The molecule has 0 N–H and O–H groups in total. The lowest BCUT2D eigenvalue weighted by Crippen LogP contribution is -2.44. The number of carbonyl (C=O) groups excluding carboxylic acids is 1. The summed E-state index contributed by atoms with van der Waals surface area (Å²) in [4.78, 5) is 35.7. The molecule has 0 aliphatic carbocycles. The molecule has 2 heterocycles. The molecule has 1 aromatic heterocycles. The maximum absolute atomic E-state index is 12.3. The average molecular weight is 244 g/mol. The standard InChI is InChI=1S/C13H12N2O3/c16-8-9-4-3-7-14-12(17)10-5-1-2-6-11(10)13(18)15(9)14/h1-2,5-6,8-9H,3-4,7H2/t9-/m0/s1. The van der Waals surface area contributed by atoms with Gasteiger partial charge < -0.3 is 4.79 Å². The quantitative estimate of drug-likeness (QED) is 0.694. The van der Waals surface area contributed by atoms with E-state index in [0.29, 0.717) is 23.7 Å². The third kappa shape index (κ3) is 1.37. The minimum absolute atomic E-state index is 0.197. The summed E-state index contributed by atoms with van der Waals surface area (Å²) in [7, 11) is 0. The first-order valence-corrected chi connectivity index (χ1v) is 5.93. The highest BCUT2D eigenvalue weighted by Crippen LogP contribution is 2.16. The molecule has 5 heteroatoms. The fourth-order valence-corrected chi connectivity index (χ4v) is 2.56. The van der Waals surface area contributed by atoms with E-state index in [2.05, 4.69) is 0 Å². The molecule has 1 atom stereocenters. The van der Waals surface area contributed by atoms with Gasteiger partial charge in [-0.25, -0.2) is 9.36 Å². The van der Waals surface area contributed by atoms with Gasteiger partial charge in [-0.1, -0.05) is 12.1 Å². The van der Waals surface area contributed by atoms with Crippen molar-refractivity contribution in [2.24, 2.45) is 0 Å². The van der Waals surface area contributed by atoms with Crippen LogP contribution in [0.3, 0.4) is 0 Å². The summed E-state index contributed by atoms with van der Waals surface area (Å²) in [6.07, 6.45) is 2.09. The van der Waals surface area contributed by atoms with Gasteiger partial charge in [0.15, 0.2) is 0 Å². The lowest BCUT2D eigenvalue weighted by molar-refractivity contribution is -0.111. The van der Waals surface area contributed by atoms with Crippen LogP contribution in [0.25, 0.3) is 10.8 Å². The Kier molecular flexibility index (Phi) is 2.40. The SMILES string of the molecule is O=C[C@@H]1CCCn2c(=O)c3ccccc3c(=O)n21. The molecule has 0 radical (unpaired) electrons. The molecule has 0 saturated heterocycles. The summed E-state index contributed by atoms with van der Waals surface area (Å²) in [5, 5.41) is 0.804. The Morgan fingerprint density at radius 3 is 2.44 bits per heavy atom. The van der Waals surface area contributed by atoms with E-state index in [4.69, 9.17) is 0 Å². The zero-order valence-electron chi connectivity index (χ0n) is 9.70. The van der Waals surface area contributed by atoms with Crippen LogP contribution in [0.4, 0.5) is 0 Å². The van der Waals surface area contributed by atoms with E-state index in [-0.39, 0.29) is 11.1 Å². The second-order valence-electron chi connectivity index (χ2n) is 4.47. The molecule has 1 aromatic carbocycles. The van der Waals surface area contributed by atoms with E-state index >= 15 is 0 Å². The van der Waals surface area contributed by atoms with E-state index in [0.717, 1.165) is 12.7 Å². The summed E-state index contributed by atoms with van der Waals surface area (Å²) in [5.41, 5.74) is -0.459. The highest BCUT2D eigenvalue weighted by molar-refractivity contribution is 5.80. The fourth-order valence-electron chi connectivity index (χ4n) is 2.56. The molecule has 0 amide bonds. The van der Waals surface area contributed by atoms with Gasteiger partial charge in [0, 0.05) is 6.54 Å². The van der Waals surface area contributed by atoms with Gasteiger partial charge in [-0.15, -0.1) is 0 Å². The van der Waals surface area contributed by atoms with Crippen LogP contribution in [0.1, 0.15) is 18.9 Å². The number of hydrogen-bond acceptors (Lipinski definition) is 3. The molecule has 0 fully saturated rings. The molecule has 0 saturated carbocycles. The van der Waals surface area contributed by atoms with Gasteiger partial charge in [-0.2, -0.15) is 0 Å². The maximum Gasteiger partial charge on any atom is 0.273 e. The first kappa shape index (κ1) is 11.0. The predicted octanol–water partition coefficient (Wildman–Crippen LogP) is 0.697. The molecular formula is C13H12N2O3. The Hall–Kier alpha value is -2.17. The van der Waals surface area contributed by atoms with Crippen LogP contribution >= 0.6 is 0 Å². The lowest BCUT2D eigenvalue weighted by atomic mass is 10.1. The third-order valence-electron chi connectivity index (χ3n) is 3.43. The van der Waals surface area contributed by atoms with E-state index in [1.165, 1.54) is 9.36 Å². The van der Waals surface area contributed by atoms with Crippen molar-refractivity contribution in [2.75, 3.05) is 0 Å². The highest BCUT2D eigenvalue weighted by atomic mass is 16.2. The Morgan fingerprint density at radius 1 is 1.11 bits per heavy atom. The van der Waals surface area contributed by atoms with Crippen molar-refractivity contribution in [3.63, 3.8) is 0 Å². The van der Waals surface area contributed by atoms with Gasteiger partial charge >= 0.3 is 0 Å². The van der Waals surface area contributed by atoms with Crippen molar-refractivity contribution in [1.29, 1.82) is 0 Å². The molecule has 2 aromatic rings. The number of hydrogen-bond donors (Lipinski definition) is 0. The van der Waals surface area contributed by atoms with Crippen molar-refractivity contribution >= 4 is 17.1 Å². The molecule has 92 valence electrons. The zero-order chi connectivity index (χ0) is 12.7. The van der Waals surface area contributed by atoms with E-state index in [1.807, 2.05) is 0 Å². The van der Waals surface area contributed by atoms with Crippen molar-refractivity contribution < 1.29 is 4.79 Å². The summed E-state index contributed by atoms with van der Waals surface area (Å²) < 4.78 is 2.70. The van der Waals surface area contributed by atoms with Gasteiger partial charge in [0.05, 0.1) is 10.8 Å². The predicted molar refractivity (Wildman–Crippen MR) is 66.8 cm³/mol. The third-order valence-corrected chi connectivity index (χ3v) is 3.43. The Morgan fingerprint density at radius 2 is 1.78 bits per heavy atom. The molecule has 3 rings (SSSR count). The lowest BCUT2D eigenvalue weighted by Gasteiger charge is -2.25. The second kappa shape index (κ2) is 3.94. The molecule has 1 aliphatic rings. The first-order chi connectivity index (χ1) is 8.74. The van der Waals surface area contributed by atoms with E-state index < -0.39 is 6.04 Å². The van der Waals surface area contributed by atoms with Crippen LogP contribution in [0.15, 0.2) is 33.9 Å². The molecule has 0 bridgehead atoms. The van der Waals surface area contributed by atoms with Crippen molar-refractivity contribution in [3.05, 3.63) is 45.0 Å².